The SMILES string of the molecule is Cl.c1ccc(OCCNCc2cccc(Oc3ncccn3)c2)nc1. The number of pyridine rings is 1. The Hall–Kier alpha value is -2.70. The van der Waals surface area contributed by atoms with Gasteiger partial charge in [-0.25, -0.2) is 15.0 Å². The third-order valence-corrected chi connectivity index (χ3v) is 3.15. The molecule has 7 heteroatoms. The van der Waals surface area contributed by atoms with Crippen LogP contribution < -0.4 is 14.8 Å². The van der Waals surface area contributed by atoms with Crippen molar-refractivity contribution < 1.29 is 9.47 Å². The molecule has 0 amide bonds. The number of hydrogen-bond acceptors (Lipinski definition) is 6. The van der Waals surface area contributed by atoms with Gasteiger partial charge in [-0.1, -0.05) is 18.2 Å². The van der Waals surface area contributed by atoms with Gasteiger partial charge >= 0.3 is 6.01 Å². The van der Waals surface area contributed by atoms with Crippen LogP contribution in [0.4, 0.5) is 0 Å². The van der Waals surface area contributed by atoms with Crippen molar-refractivity contribution >= 4 is 12.4 Å². The van der Waals surface area contributed by atoms with Crippen LogP contribution >= 0.6 is 12.4 Å². The molecule has 0 atom stereocenters. The Morgan fingerprint density at radius 2 is 1.72 bits per heavy atom. The van der Waals surface area contributed by atoms with E-state index in [0.29, 0.717) is 24.2 Å². The van der Waals surface area contributed by atoms with Gasteiger partial charge in [0, 0.05) is 37.7 Å². The van der Waals surface area contributed by atoms with Crippen LogP contribution in [0.5, 0.6) is 17.6 Å². The minimum absolute atomic E-state index is 0. The molecule has 0 saturated carbocycles. The van der Waals surface area contributed by atoms with Gasteiger partial charge in [-0.3, -0.25) is 0 Å². The number of hydrogen-bond donors (Lipinski definition) is 1. The van der Waals surface area contributed by atoms with Crippen molar-refractivity contribution in [2.24, 2.45) is 0 Å². The highest BCUT2D eigenvalue weighted by Crippen LogP contribution is 2.18. The minimum Gasteiger partial charge on any atom is -0.476 e. The number of benzene rings is 1. The van der Waals surface area contributed by atoms with E-state index in [1.54, 1.807) is 24.7 Å². The molecule has 2 aromatic heterocycles. The van der Waals surface area contributed by atoms with Crippen LogP contribution in [0, 0.1) is 0 Å². The maximum Gasteiger partial charge on any atom is 0.321 e. The van der Waals surface area contributed by atoms with Crippen molar-refractivity contribution in [1.82, 2.24) is 20.3 Å². The first-order chi connectivity index (χ1) is 11.9. The standard InChI is InChI=1S/C18H18N4O2.ClH/c1-2-8-20-17(7-1)23-12-11-19-14-15-5-3-6-16(13-15)24-18-21-9-4-10-22-18;/h1-10,13,19H,11-12,14H2;1H. The summed E-state index contributed by atoms with van der Waals surface area (Å²) in [7, 11) is 0. The Morgan fingerprint density at radius 3 is 2.52 bits per heavy atom. The second-order valence-corrected chi connectivity index (χ2v) is 4.97. The molecule has 3 aromatic rings. The number of ether oxygens (including phenoxy) is 2. The van der Waals surface area contributed by atoms with Crippen LogP contribution in [0.25, 0.3) is 0 Å². The molecule has 6 nitrogen and oxygen atoms in total. The lowest BCUT2D eigenvalue weighted by atomic mass is 10.2. The molecule has 2 heterocycles. The summed E-state index contributed by atoms with van der Waals surface area (Å²) in [6.07, 6.45) is 5.01. The van der Waals surface area contributed by atoms with Crippen molar-refractivity contribution in [3.05, 3.63) is 72.7 Å². The molecule has 3 rings (SSSR count). The molecule has 1 N–H and O–H groups in total. The lowest BCUT2D eigenvalue weighted by Gasteiger charge is -2.08. The zero-order chi connectivity index (χ0) is 16.5. The fourth-order valence-electron chi connectivity index (χ4n) is 2.06. The number of aromatic nitrogens is 3. The van der Waals surface area contributed by atoms with Crippen molar-refractivity contribution in [2.45, 2.75) is 6.54 Å². The van der Waals surface area contributed by atoms with E-state index >= 15 is 0 Å². The molecule has 130 valence electrons. The van der Waals surface area contributed by atoms with E-state index in [4.69, 9.17) is 9.47 Å². The summed E-state index contributed by atoms with van der Waals surface area (Å²) >= 11 is 0. The predicted molar refractivity (Wildman–Crippen MR) is 97.2 cm³/mol. The smallest absolute Gasteiger partial charge is 0.321 e. The van der Waals surface area contributed by atoms with Gasteiger partial charge in [0.1, 0.15) is 12.4 Å². The maximum absolute atomic E-state index is 5.62. The van der Waals surface area contributed by atoms with Crippen LogP contribution in [-0.2, 0) is 6.54 Å². The molecule has 25 heavy (non-hydrogen) atoms. The van der Waals surface area contributed by atoms with Gasteiger partial charge in [0.15, 0.2) is 0 Å². The average Bonchev–Trinajstić information content (AvgIpc) is 2.63. The topological polar surface area (TPSA) is 69.2 Å². The Bertz CT molecular complexity index is 744. The number of halogens is 1. The summed E-state index contributed by atoms with van der Waals surface area (Å²) in [4.78, 5) is 12.2. The zero-order valence-corrected chi connectivity index (χ0v) is 14.4. The molecule has 0 spiro atoms. The van der Waals surface area contributed by atoms with E-state index in [0.717, 1.165) is 18.7 Å². The van der Waals surface area contributed by atoms with Crippen LogP contribution in [-0.4, -0.2) is 28.1 Å². The predicted octanol–water partition coefficient (Wildman–Crippen LogP) is 3.25. The first-order valence-electron chi connectivity index (χ1n) is 7.68. The third-order valence-electron chi connectivity index (χ3n) is 3.15. The maximum atomic E-state index is 5.62. The molecule has 0 aliphatic rings. The monoisotopic (exact) mass is 358 g/mol. The third kappa shape index (κ3) is 6.37. The van der Waals surface area contributed by atoms with Crippen LogP contribution in [0.3, 0.4) is 0 Å². The summed E-state index contributed by atoms with van der Waals surface area (Å²) in [5.74, 6) is 1.35. The van der Waals surface area contributed by atoms with Gasteiger partial charge in [-0.15, -0.1) is 12.4 Å². The molecular weight excluding hydrogens is 340 g/mol. The molecule has 1 aromatic carbocycles. The van der Waals surface area contributed by atoms with Crippen LogP contribution in [0.2, 0.25) is 0 Å². The first kappa shape index (κ1) is 18.6. The number of rotatable bonds is 8. The van der Waals surface area contributed by atoms with E-state index < -0.39 is 0 Å². The molecular formula is C18H19ClN4O2. The number of nitrogens with one attached hydrogen (secondary N) is 1. The van der Waals surface area contributed by atoms with E-state index in [1.807, 2.05) is 42.5 Å². The second kappa shape index (κ2) is 10.2. The molecule has 0 unspecified atom stereocenters. The molecule has 0 saturated heterocycles. The Balaban J connectivity index is 0.00000225. The van der Waals surface area contributed by atoms with E-state index in [2.05, 4.69) is 20.3 Å². The van der Waals surface area contributed by atoms with Gasteiger partial charge in [0.05, 0.1) is 0 Å². The van der Waals surface area contributed by atoms with E-state index in [1.165, 1.54) is 0 Å². The summed E-state index contributed by atoms with van der Waals surface area (Å²) < 4.78 is 11.2. The minimum atomic E-state index is 0. The highest BCUT2D eigenvalue weighted by molar-refractivity contribution is 5.85. The summed E-state index contributed by atoms with van der Waals surface area (Å²) in [5.41, 5.74) is 1.11. The first-order valence-corrected chi connectivity index (χ1v) is 7.68. The molecule has 0 bridgehead atoms. The van der Waals surface area contributed by atoms with Gasteiger partial charge in [-0.05, 0) is 29.8 Å². The molecule has 0 aliphatic carbocycles. The average molecular weight is 359 g/mol. The van der Waals surface area contributed by atoms with Crippen molar-refractivity contribution in [1.29, 1.82) is 0 Å². The van der Waals surface area contributed by atoms with Crippen molar-refractivity contribution in [3.8, 4) is 17.6 Å². The number of nitrogens with zero attached hydrogens (tertiary/aromatic N) is 3. The van der Waals surface area contributed by atoms with Gasteiger partial charge in [-0.2, -0.15) is 0 Å². The summed E-state index contributed by atoms with van der Waals surface area (Å²) in [5, 5.41) is 3.32. The van der Waals surface area contributed by atoms with Crippen LogP contribution in [0.1, 0.15) is 5.56 Å². The highest BCUT2D eigenvalue weighted by Gasteiger charge is 2.01. The van der Waals surface area contributed by atoms with Crippen molar-refractivity contribution in [3.63, 3.8) is 0 Å². The van der Waals surface area contributed by atoms with E-state index in [9.17, 15) is 0 Å². The summed E-state index contributed by atoms with van der Waals surface area (Å²) in [6.45, 7) is 2.01. The zero-order valence-electron chi connectivity index (χ0n) is 13.5. The fourth-order valence-corrected chi connectivity index (χ4v) is 2.06. The largest absolute Gasteiger partial charge is 0.476 e. The molecule has 0 radical (unpaired) electrons. The Labute approximate surface area is 152 Å². The van der Waals surface area contributed by atoms with Gasteiger partial charge in [0.25, 0.3) is 0 Å². The summed E-state index contributed by atoms with van der Waals surface area (Å²) in [6, 6.07) is 15.5. The Kier molecular flexibility index (Phi) is 7.62. The lowest BCUT2D eigenvalue weighted by Crippen LogP contribution is -2.20. The quantitative estimate of drug-likeness (QED) is 0.623. The normalized spacial score (nSPS) is 9.92. The van der Waals surface area contributed by atoms with Gasteiger partial charge < -0.3 is 14.8 Å². The Morgan fingerprint density at radius 1 is 0.880 bits per heavy atom. The lowest BCUT2D eigenvalue weighted by molar-refractivity contribution is 0.302. The fraction of sp³-hybridized carbons (Fsp3) is 0.167. The highest BCUT2D eigenvalue weighted by atomic mass is 35.5. The second-order valence-electron chi connectivity index (χ2n) is 4.97. The van der Waals surface area contributed by atoms with Crippen molar-refractivity contribution in [2.75, 3.05) is 13.2 Å². The van der Waals surface area contributed by atoms with Crippen LogP contribution in [0.15, 0.2) is 67.1 Å². The molecule has 0 fully saturated rings. The molecule has 0 aliphatic heterocycles. The van der Waals surface area contributed by atoms with E-state index in [-0.39, 0.29) is 12.4 Å². The van der Waals surface area contributed by atoms with Gasteiger partial charge in [0.2, 0.25) is 5.88 Å².